The van der Waals surface area contributed by atoms with Crippen LogP contribution in [0.3, 0.4) is 0 Å². The van der Waals surface area contributed by atoms with Crippen LogP contribution in [0.15, 0.2) is 24.3 Å². The van der Waals surface area contributed by atoms with Gasteiger partial charge in [-0.15, -0.1) is 0 Å². The summed E-state index contributed by atoms with van der Waals surface area (Å²) in [6, 6.07) is 6.56. The Morgan fingerprint density at radius 1 is 1.36 bits per heavy atom. The highest BCUT2D eigenvalue weighted by atomic mass is 19.1. The van der Waals surface area contributed by atoms with E-state index in [1.54, 1.807) is 12.1 Å². The molecule has 0 aliphatic carbocycles. The first kappa shape index (κ1) is 19.3. The number of imide groups is 1. The smallest absolute Gasteiger partial charge is 0.321 e. The van der Waals surface area contributed by atoms with Gasteiger partial charge in [0, 0.05) is 19.1 Å². The molecule has 2 rings (SSSR count). The van der Waals surface area contributed by atoms with Crippen molar-refractivity contribution >= 4 is 11.9 Å². The Kier molecular flexibility index (Phi) is 7.30. The summed E-state index contributed by atoms with van der Waals surface area (Å²) in [4.78, 5) is 24.5. The van der Waals surface area contributed by atoms with Crippen molar-refractivity contribution in [3.8, 4) is 0 Å². The van der Waals surface area contributed by atoms with E-state index in [0.29, 0.717) is 6.04 Å². The molecule has 1 heterocycles. The van der Waals surface area contributed by atoms with Crippen LogP contribution in [0.25, 0.3) is 0 Å². The van der Waals surface area contributed by atoms with Gasteiger partial charge in [0.15, 0.2) is 0 Å². The molecule has 3 amide bonds. The van der Waals surface area contributed by atoms with Crippen molar-refractivity contribution in [2.75, 3.05) is 27.2 Å². The van der Waals surface area contributed by atoms with Gasteiger partial charge >= 0.3 is 6.03 Å². The van der Waals surface area contributed by atoms with E-state index >= 15 is 0 Å². The molecule has 1 aliphatic rings. The molecule has 1 aromatic carbocycles. The van der Waals surface area contributed by atoms with Crippen LogP contribution in [0.5, 0.6) is 0 Å². The third kappa shape index (κ3) is 6.41. The summed E-state index contributed by atoms with van der Waals surface area (Å²) in [6.45, 7) is 0.930. The summed E-state index contributed by atoms with van der Waals surface area (Å²) in [6.07, 6.45) is 2.75. The van der Waals surface area contributed by atoms with E-state index in [-0.39, 0.29) is 24.3 Å². The van der Waals surface area contributed by atoms with E-state index < -0.39 is 6.03 Å². The topological polar surface area (TPSA) is 85.5 Å². The molecule has 0 radical (unpaired) electrons. The third-order valence-corrected chi connectivity index (χ3v) is 4.22. The van der Waals surface area contributed by atoms with Gasteiger partial charge in [-0.05, 0) is 50.6 Å². The lowest BCUT2D eigenvalue weighted by Gasteiger charge is -2.17. The fraction of sp³-hybridized carbons (Fsp3) is 0.529. The maximum Gasteiger partial charge on any atom is 0.321 e. The molecule has 1 aromatic rings. The van der Waals surface area contributed by atoms with Gasteiger partial charge in [-0.2, -0.15) is 0 Å². The van der Waals surface area contributed by atoms with E-state index in [0.717, 1.165) is 31.4 Å². The number of carbonyl (C=O) groups is 2. The number of hydrogen-bond acceptors (Lipinski definition) is 5. The molecule has 4 N–H and O–H groups in total. The number of rotatable bonds is 7. The second-order valence-electron chi connectivity index (χ2n) is 6.34. The van der Waals surface area contributed by atoms with Crippen molar-refractivity contribution in [3.63, 3.8) is 0 Å². The Labute approximate surface area is 147 Å². The zero-order chi connectivity index (χ0) is 18.2. The van der Waals surface area contributed by atoms with Crippen LogP contribution in [0.4, 0.5) is 9.18 Å². The second-order valence-corrected chi connectivity index (χ2v) is 6.34. The van der Waals surface area contributed by atoms with Crippen molar-refractivity contribution in [1.82, 2.24) is 26.4 Å². The van der Waals surface area contributed by atoms with Gasteiger partial charge in [0.05, 0.1) is 6.54 Å². The SMILES string of the molecule is CNC(=O)NC(=O)CN(C)CCCC1CC(c2cccc(F)c2)NN1. The van der Waals surface area contributed by atoms with Crippen molar-refractivity contribution in [2.45, 2.75) is 31.3 Å². The zero-order valence-corrected chi connectivity index (χ0v) is 14.6. The molecule has 1 fully saturated rings. The summed E-state index contributed by atoms with van der Waals surface area (Å²) in [7, 11) is 3.31. The lowest BCUT2D eigenvalue weighted by Crippen LogP contribution is -2.42. The number of amides is 3. The molecule has 25 heavy (non-hydrogen) atoms. The summed E-state index contributed by atoms with van der Waals surface area (Å²) in [5.74, 6) is -0.548. The molecule has 1 saturated heterocycles. The van der Waals surface area contributed by atoms with Gasteiger partial charge in [-0.1, -0.05) is 12.1 Å². The highest BCUT2D eigenvalue weighted by Gasteiger charge is 2.24. The Balaban J connectivity index is 1.65. The number of nitrogens with zero attached hydrogens (tertiary/aromatic N) is 1. The molecule has 1 aliphatic heterocycles. The number of halogens is 1. The number of urea groups is 1. The highest BCUT2D eigenvalue weighted by molar-refractivity contribution is 5.95. The van der Waals surface area contributed by atoms with Crippen LogP contribution in [0, 0.1) is 5.82 Å². The van der Waals surface area contributed by atoms with E-state index in [9.17, 15) is 14.0 Å². The summed E-state index contributed by atoms with van der Waals surface area (Å²) < 4.78 is 13.3. The molecular formula is C17H26FN5O2. The molecular weight excluding hydrogens is 325 g/mol. The predicted molar refractivity (Wildman–Crippen MR) is 93.1 cm³/mol. The first-order chi connectivity index (χ1) is 12.0. The lowest BCUT2D eigenvalue weighted by atomic mass is 9.99. The number of carbonyl (C=O) groups excluding carboxylic acids is 2. The normalized spacial score (nSPS) is 19.8. The number of hydrogen-bond donors (Lipinski definition) is 4. The van der Waals surface area contributed by atoms with Crippen LogP contribution in [-0.4, -0.2) is 50.1 Å². The monoisotopic (exact) mass is 351 g/mol. The van der Waals surface area contributed by atoms with Gasteiger partial charge in [-0.3, -0.25) is 25.9 Å². The molecule has 0 saturated carbocycles. The maximum atomic E-state index is 13.3. The zero-order valence-electron chi connectivity index (χ0n) is 14.6. The molecule has 2 unspecified atom stereocenters. The van der Waals surface area contributed by atoms with E-state index in [4.69, 9.17) is 0 Å². The molecule has 7 nitrogen and oxygen atoms in total. The number of benzene rings is 1. The summed E-state index contributed by atoms with van der Waals surface area (Å²) in [5.41, 5.74) is 7.40. The van der Waals surface area contributed by atoms with Crippen molar-refractivity contribution in [2.24, 2.45) is 0 Å². The van der Waals surface area contributed by atoms with Gasteiger partial charge in [0.25, 0.3) is 0 Å². The van der Waals surface area contributed by atoms with Crippen LogP contribution in [0.1, 0.15) is 30.9 Å². The quantitative estimate of drug-likeness (QED) is 0.587. The van der Waals surface area contributed by atoms with Gasteiger partial charge in [0.2, 0.25) is 5.91 Å². The Morgan fingerprint density at radius 2 is 2.16 bits per heavy atom. The average molecular weight is 351 g/mol. The minimum absolute atomic E-state index is 0.108. The fourth-order valence-corrected chi connectivity index (χ4v) is 2.91. The predicted octanol–water partition coefficient (Wildman–Crippen LogP) is 0.901. The van der Waals surface area contributed by atoms with Crippen LogP contribution < -0.4 is 21.5 Å². The number of hydrazine groups is 1. The fourth-order valence-electron chi connectivity index (χ4n) is 2.91. The minimum Gasteiger partial charge on any atom is -0.341 e. The maximum absolute atomic E-state index is 13.3. The van der Waals surface area contributed by atoms with Crippen LogP contribution >= 0.6 is 0 Å². The minimum atomic E-state index is -0.497. The average Bonchev–Trinajstić information content (AvgIpc) is 3.03. The summed E-state index contributed by atoms with van der Waals surface area (Å²) in [5, 5.41) is 4.58. The first-order valence-electron chi connectivity index (χ1n) is 8.44. The molecule has 0 aromatic heterocycles. The van der Waals surface area contributed by atoms with Crippen molar-refractivity contribution < 1.29 is 14.0 Å². The van der Waals surface area contributed by atoms with Gasteiger partial charge in [0.1, 0.15) is 5.82 Å². The van der Waals surface area contributed by atoms with E-state index in [1.165, 1.54) is 13.1 Å². The largest absolute Gasteiger partial charge is 0.341 e. The Hall–Kier alpha value is -2.03. The second kappa shape index (κ2) is 9.45. The standard InChI is InChI=1S/C17H26FN5O2/c1-19-17(25)20-16(24)11-23(2)8-4-7-14-10-15(22-21-14)12-5-3-6-13(18)9-12/h3,5-6,9,14-15,21-22H,4,7-8,10-11H2,1-2H3,(H2,19,20,24,25). The lowest BCUT2D eigenvalue weighted by molar-refractivity contribution is -0.120. The van der Waals surface area contributed by atoms with Crippen LogP contribution in [0.2, 0.25) is 0 Å². The number of likely N-dealkylation sites (N-methyl/N-ethyl adjacent to an activating group) is 1. The summed E-state index contributed by atoms with van der Waals surface area (Å²) >= 11 is 0. The highest BCUT2D eigenvalue weighted by Crippen LogP contribution is 2.24. The molecule has 0 bridgehead atoms. The molecule has 0 spiro atoms. The van der Waals surface area contributed by atoms with Gasteiger partial charge in [-0.25, -0.2) is 9.18 Å². The third-order valence-electron chi connectivity index (χ3n) is 4.22. The molecule has 8 heteroatoms. The molecule has 138 valence electrons. The molecule has 2 atom stereocenters. The Morgan fingerprint density at radius 3 is 2.88 bits per heavy atom. The number of nitrogens with one attached hydrogen (secondary N) is 4. The van der Waals surface area contributed by atoms with Crippen molar-refractivity contribution in [1.29, 1.82) is 0 Å². The first-order valence-corrected chi connectivity index (χ1v) is 8.44. The van der Waals surface area contributed by atoms with Gasteiger partial charge < -0.3 is 5.32 Å². The van der Waals surface area contributed by atoms with Crippen LogP contribution in [-0.2, 0) is 4.79 Å². The Bertz CT molecular complexity index is 598. The van der Waals surface area contributed by atoms with Crippen molar-refractivity contribution in [3.05, 3.63) is 35.6 Å². The van der Waals surface area contributed by atoms with E-state index in [1.807, 2.05) is 18.0 Å². The van der Waals surface area contributed by atoms with E-state index in [2.05, 4.69) is 21.5 Å².